The summed E-state index contributed by atoms with van der Waals surface area (Å²) >= 11 is 11.4. The van der Waals surface area contributed by atoms with Gasteiger partial charge in [0.2, 0.25) is 0 Å². The lowest BCUT2D eigenvalue weighted by atomic mass is 10.2. The molecule has 0 bridgehead atoms. The van der Waals surface area contributed by atoms with E-state index in [4.69, 9.17) is 23.2 Å². The maximum Gasteiger partial charge on any atom is 0.435 e. The summed E-state index contributed by atoms with van der Waals surface area (Å²) < 4.78 is 39.3. The van der Waals surface area contributed by atoms with E-state index in [0.717, 1.165) is 4.68 Å². The van der Waals surface area contributed by atoms with Gasteiger partial charge >= 0.3 is 12.1 Å². The maximum atomic E-state index is 12.8. The Morgan fingerprint density at radius 2 is 1.91 bits per heavy atom. The predicted molar refractivity (Wildman–Crippen MR) is 77.7 cm³/mol. The molecule has 122 valence electrons. The smallest absolute Gasteiger partial charge is 0.313 e. The number of aromatic nitrogens is 2. The highest BCUT2D eigenvalue weighted by atomic mass is 35.5. The van der Waals surface area contributed by atoms with Crippen LogP contribution in [0.25, 0.3) is 0 Å². The highest BCUT2D eigenvalue weighted by Crippen LogP contribution is 2.33. The van der Waals surface area contributed by atoms with Crippen LogP contribution in [0, 0.1) is 0 Å². The van der Waals surface area contributed by atoms with Crippen LogP contribution in [-0.2, 0) is 18.1 Å². The first kappa shape index (κ1) is 17.3. The Balaban J connectivity index is 2.18. The molecule has 0 N–H and O–H groups in total. The average Bonchev–Trinajstić information content (AvgIpc) is 2.76. The molecule has 0 saturated heterocycles. The van der Waals surface area contributed by atoms with E-state index in [-0.39, 0.29) is 10.7 Å². The van der Waals surface area contributed by atoms with Crippen LogP contribution in [0.4, 0.5) is 13.2 Å². The van der Waals surface area contributed by atoms with E-state index in [1.807, 2.05) is 0 Å². The minimum absolute atomic E-state index is 0.139. The van der Waals surface area contributed by atoms with Crippen LogP contribution in [0.3, 0.4) is 0 Å². The molecule has 1 heterocycles. The standard InChI is InChI=1S/C13H8Cl2F3N3O2/c1-21-11(15)9(10(20-21)13(16,17)18)6-19-23-12(22)7-2-4-8(14)5-3-7/h2-6H,1H3. The molecule has 0 saturated carbocycles. The number of carbonyl (C=O) groups is 1. The molecule has 0 aliphatic heterocycles. The van der Waals surface area contributed by atoms with Crippen molar-refractivity contribution < 1.29 is 22.8 Å². The normalized spacial score (nSPS) is 11.9. The van der Waals surface area contributed by atoms with E-state index < -0.39 is 23.4 Å². The number of hydrogen-bond acceptors (Lipinski definition) is 4. The lowest BCUT2D eigenvalue weighted by molar-refractivity contribution is -0.141. The lowest BCUT2D eigenvalue weighted by Gasteiger charge is -2.02. The molecular formula is C13H8Cl2F3N3O2. The monoisotopic (exact) mass is 365 g/mol. The van der Waals surface area contributed by atoms with Crippen molar-refractivity contribution in [2.24, 2.45) is 12.2 Å². The van der Waals surface area contributed by atoms with Crippen LogP contribution in [0.15, 0.2) is 29.4 Å². The summed E-state index contributed by atoms with van der Waals surface area (Å²) in [6.07, 6.45) is -4.03. The van der Waals surface area contributed by atoms with Crippen molar-refractivity contribution in [1.82, 2.24) is 9.78 Å². The predicted octanol–water partition coefficient (Wildman–Crippen LogP) is 3.94. The Hall–Kier alpha value is -2.06. The fraction of sp³-hybridized carbons (Fsp3) is 0.154. The second-order valence-corrected chi connectivity index (χ2v) is 5.09. The van der Waals surface area contributed by atoms with Crippen molar-refractivity contribution in [2.45, 2.75) is 6.18 Å². The van der Waals surface area contributed by atoms with Crippen LogP contribution in [-0.4, -0.2) is 22.0 Å². The summed E-state index contributed by atoms with van der Waals surface area (Å²) in [5.41, 5.74) is -1.58. The van der Waals surface area contributed by atoms with Crippen LogP contribution in [0.2, 0.25) is 10.2 Å². The number of carbonyl (C=O) groups excluding carboxylic acids is 1. The Morgan fingerprint density at radius 1 is 1.30 bits per heavy atom. The molecule has 0 atom stereocenters. The topological polar surface area (TPSA) is 56.5 Å². The van der Waals surface area contributed by atoms with E-state index >= 15 is 0 Å². The van der Waals surface area contributed by atoms with Crippen molar-refractivity contribution >= 4 is 35.4 Å². The van der Waals surface area contributed by atoms with E-state index in [1.165, 1.54) is 31.3 Å². The van der Waals surface area contributed by atoms with Gasteiger partial charge in [-0.2, -0.15) is 18.3 Å². The lowest BCUT2D eigenvalue weighted by Crippen LogP contribution is -2.09. The van der Waals surface area contributed by atoms with Gasteiger partial charge in [-0.1, -0.05) is 28.4 Å². The molecule has 1 aromatic heterocycles. The van der Waals surface area contributed by atoms with Gasteiger partial charge in [-0.25, -0.2) is 4.79 Å². The van der Waals surface area contributed by atoms with Gasteiger partial charge < -0.3 is 4.84 Å². The number of hydrogen-bond donors (Lipinski definition) is 0. The summed E-state index contributed by atoms with van der Waals surface area (Å²) in [5, 5.41) is 6.63. The second-order valence-electron chi connectivity index (χ2n) is 4.29. The van der Waals surface area contributed by atoms with Gasteiger partial charge in [0, 0.05) is 12.1 Å². The Bertz CT molecular complexity index is 755. The quantitative estimate of drug-likeness (QED) is 0.470. The number of alkyl halides is 3. The van der Waals surface area contributed by atoms with Crippen LogP contribution >= 0.6 is 23.2 Å². The van der Waals surface area contributed by atoms with Gasteiger partial charge in [-0.3, -0.25) is 4.68 Å². The van der Waals surface area contributed by atoms with E-state index in [2.05, 4.69) is 15.1 Å². The zero-order valence-corrected chi connectivity index (χ0v) is 12.9. The van der Waals surface area contributed by atoms with Crippen molar-refractivity contribution in [3.8, 4) is 0 Å². The van der Waals surface area contributed by atoms with E-state index in [0.29, 0.717) is 11.2 Å². The van der Waals surface area contributed by atoms with Gasteiger partial charge in [-0.15, -0.1) is 0 Å². The third-order valence-corrected chi connectivity index (χ3v) is 3.38. The molecule has 0 spiro atoms. The minimum atomic E-state index is -4.72. The van der Waals surface area contributed by atoms with Crippen LogP contribution in [0.5, 0.6) is 0 Å². The Morgan fingerprint density at radius 3 is 2.48 bits per heavy atom. The third kappa shape index (κ3) is 4.02. The van der Waals surface area contributed by atoms with E-state index in [1.54, 1.807) is 0 Å². The summed E-state index contributed by atoms with van der Waals surface area (Å²) in [5.74, 6) is -0.855. The second kappa shape index (κ2) is 6.59. The van der Waals surface area contributed by atoms with Crippen molar-refractivity contribution in [2.75, 3.05) is 0 Å². The number of aryl methyl sites for hydroxylation is 1. The summed E-state index contributed by atoms with van der Waals surface area (Å²) in [6.45, 7) is 0. The number of benzene rings is 1. The summed E-state index contributed by atoms with van der Waals surface area (Å²) in [7, 11) is 1.24. The largest absolute Gasteiger partial charge is 0.435 e. The number of nitrogens with zero attached hydrogens (tertiary/aromatic N) is 3. The molecule has 23 heavy (non-hydrogen) atoms. The fourth-order valence-corrected chi connectivity index (χ4v) is 1.91. The highest BCUT2D eigenvalue weighted by Gasteiger charge is 2.38. The Labute approximate surface area is 138 Å². The SMILES string of the molecule is Cn1nc(C(F)(F)F)c(C=NOC(=O)c2ccc(Cl)cc2)c1Cl. The summed E-state index contributed by atoms with van der Waals surface area (Å²) in [4.78, 5) is 16.2. The molecule has 0 fully saturated rings. The van der Waals surface area contributed by atoms with Gasteiger partial charge in [0.25, 0.3) is 0 Å². The Kier molecular flexibility index (Phi) is 4.96. The zero-order valence-electron chi connectivity index (χ0n) is 11.4. The van der Waals surface area contributed by atoms with Crippen LogP contribution in [0.1, 0.15) is 21.6 Å². The van der Waals surface area contributed by atoms with E-state index in [9.17, 15) is 18.0 Å². The molecule has 0 unspecified atom stereocenters. The van der Waals surface area contributed by atoms with Crippen molar-refractivity contribution in [3.63, 3.8) is 0 Å². The van der Waals surface area contributed by atoms with Gasteiger partial charge in [0.15, 0.2) is 5.69 Å². The molecule has 2 aromatic rings. The van der Waals surface area contributed by atoms with Gasteiger partial charge in [0.05, 0.1) is 17.3 Å². The molecule has 0 aliphatic rings. The number of halogens is 5. The highest BCUT2D eigenvalue weighted by molar-refractivity contribution is 6.32. The maximum absolute atomic E-state index is 12.8. The van der Waals surface area contributed by atoms with Gasteiger partial charge in [0.1, 0.15) is 5.15 Å². The summed E-state index contributed by atoms with van der Waals surface area (Å²) in [6, 6.07) is 5.69. The zero-order chi connectivity index (χ0) is 17.2. The molecular weight excluding hydrogens is 358 g/mol. The fourth-order valence-electron chi connectivity index (χ4n) is 1.61. The minimum Gasteiger partial charge on any atom is -0.313 e. The molecule has 2 rings (SSSR count). The first-order valence-corrected chi connectivity index (χ1v) is 6.75. The van der Waals surface area contributed by atoms with Crippen molar-refractivity contribution in [1.29, 1.82) is 0 Å². The molecule has 0 aliphatic carbocycles. The number of rotatable bonds is 3. The first-order chi connectivity index (χ1) is 10.7. The van der Waals surface area contributed by atoms with Crippen molar-refractivity contribution in [3.05, 3.63) is 51.3 Å². The molecule has 5 nitrogen and oxygen atoms in total. The number of oxime groups is 1. The molecule has 10 heteroatoms. The first-order valence-electron chi connectivity index (χ1n) is 6.00. The van der Waals surface area contributed by atoms with Gasteiger partial charge in [-0.05, 0) is 24.3 Å². The van der Waals surface area contributed by atoms with Crippen LogP contribution < -0.4 is 0 Å². The molecule has 0 radical (unpaired) electrons. The molecule has 1 aromatic carbocycles. The average molecular weight is 366 g/mol. The third-order valence-electron chi connectivity index (χ3n) is 2.68. The molecule has 0 amide bonds.